The number of fused-ring (bicyclic) bond motifs is 1. The smallest absolute Gasteiger partial charge is 0.323 e. The molecular formula is C24H22F3N5O2S. The second-order valence-electron chi connectivity index (χ2n) is 7.41. The molecule has 2 aromatic carbocycles. The fourth-order valence-electron chi connectivity index (χ4n) is 3.64. The molecule has 0 aliphatic carbocycles. The molecule has 1 aromatic heterocycles. The fourth-order valence-corrected chi connectivity index (χ4v) is 3.70. The summed E-state index contributed by atoms with van der Waals surface area (Å²) in [7, 11) is 3.75. The number of thiocarbonyl (C=S) groups is 1. The molecule has 4 rings (SSSR count). The molecule has 3 N–H and O–H groups in total. The SMILES string of the molecule is CNC.O=C(NNC=S)c1cnccc1-c1cccc(N2Cc3c(cccc3C(F)(F)F)C2=O)c1. The summed E-state index contributed by atoms with van der Waals surface area (Å²) in [6.07, 6.45) is -1.66. The molecule has 2 heterocycles. The van der Waals surface area contributed by atoms with Gasteiger partial charge >= 0.3 is 6.18 Å². The molecule has 1 aliphatic rings. The number of nitrogens with zero attached hydrogens (tertiary/aromatic N) is 2. The molecule has 35 heavy (non-hydrogen) atoms. The van der Waals surface area contributed by atoms with Crippen molar-refractivity contribution in [3.05, 3.63) is 83.2 Å². The van der Waals surface area contributed by atoms with Crippen LogP contribution < -0.4 is 21.1 Å². The fraction of sp³-hybridized carbons (Fsp3) is 0.167. The number of hydrogen-bond donors (Lipinski definition) is 3. The van der Waals surface area contributed by atoms with E-state index < -0.39 is 23.6 Å². The number of halogens is 3. The standard InChI is InChI=1S/C22H15F3N4O2S.C2H7N/c23-22(24,25)19-6-2-5-16-18(19)11-29(21(16)31)14-4-1-3-13(9-14)15-7-8-26-10-17(15)20(30)28-27-12-32;1-3-2/h1-10,12H,11H2,(H,27,32)(H,28,30);3H,1-2H3. The predicted molar refractivity (Wildman–Crippen MR) is 131 cm³/mol. The van der Waals surface area contributed by atoms with Crippen molar-refractivity contribution in [1.82, 2.24) is 21.2 Å². The van der Waals surface area contributed by atoms with E-state index in [2.05, 4.69) is 33.4 Å². The number of pyridine rings is 1. The molecule has 0 fully saturated rings. The van der Waals surface area contributed by atoms with Crippen molar-refractivity contribution in [2.75, 3.05) is 19.0 Å². The number of alkyl halides is 3. The first kappa shape index (κ1) is 25.8. The van der Waals surface area contributed by atoms with Crippen LogP contribution >= 0.6 is 12.2 Å². The van der Waals surface area contributed by atoms with Crippen LogP contribution in [-0.2, 0) is 12.7 Å². The molecule has 0 saturated carbocycles. The van der Waals surface area contributed by atoms with Crippen molar-refractivity contribution in [2.24, 2.45) is 0 Å². The summed E-state index contributed by atoms with van der Waals surface area (Å²) in [5.41, 5.74) is 6.93. The Hall–Kier alpha value is -3.83. The first-order valence-corrected chi connectivity index (χ1v) is 10.8. The van der Waals surface area contributed by atoms with Gasteiger partial charge in [-0.15, -0.1) is 0 Å². The third-order valence-corrected chi connectivity index (χ3v) is 5.17. The number of nitrogens with one attached hydrogen (secondary N) is 3. The highest BCUT2D eigenvalue weighted by atomic mass is 32.1. The van der Waals surface area contributed by atoms with Gasteiger partial charge in [-0.2, -0.15) is 13.2 Å². The van der Waals surface area contributed by atoms with E-state index in [4.69, 9.17) is 0 Å². The van der Waals surface area contributed by atoms with E-state index in [1.165, 1.54) is 29.4 Å². The van der Waals surface area contributed by atoms with Gasteiger partial charge in [0.05, 0.1) is 23.2 Å². The lowest BCUT2D eigenvalue weighted by Crippen LogP contribution is -2.36. The van der Waals surface area contributed by atoms with E-state index in [0.29, 0.717) is 16.8 Å². The van der Waals surface area contributed by atoms with Gasteiger partial charge in [-0.05, 0) is 61.1 Å². The van der Waals surface area contributed by atoms with Crippen LogP contribution in [0.15, 0.2) is 60.9 Å². The van der Waals surface area contributed by atoms with Crippen LogP contribution in [0.4, 0.5) is 18.9 Å². The molecule has 2 amide bonds. The van der Waals surface area contributed by atoms with Gasteiger partial charge < -0.3 is 10.2 Å². The lowest BCUT2D eigenvalue weighted by Gasteiger charge is -2.18. The Labute approximate surface area is 205 Å². The Morgan fingerprint density at radius 1 is 1.11 bits per heavy atom. The van der Waals surface area contributed by atoms with Gasteiger partial charge in [-0.25, -0.2) is 0 Å². The van der Waals surface area contributed by atoms with E-state index in [1.807, 2.05) is 14.1 Å². The first-order chi connectivity index (χ1) is 16.7. The van der Waals surface area contributed by atoms with Gasteiger partial charge in [0.2, 0.25) is 0 Å². The maximum absolute atomic E-state index is 13.4. The highest BCUT2D eigenvalue weighted by Gasteiger charge is 2.39. The summed E-state index contributed by atoms with van der Waals surface area (Å²) in [6.45, 7) is -0.199. The number of benzene rings is 2. The number of hydrazine groups is 1. The van der Waals surface area contributed by atoms with E-state index in [-0.39, 0.29) is 23.2 Å². The highest BCUT2D eigenvalue weighted by Crippen LogP contribution is 2.39. The lowest BCUT2D eigenvalue weighted by atomic mass is 10.0. The number of hydrogen-bond acceptors (Lipinski definition) is 5. The summed E-state index contributed by atoms with van der Waals surface area (Å²) in [5, 5.41) is 2.75. The molecule has 182 valence electrons. The average Bonchev–Trinajstić information content (AvgIpc) is 3.19. The molecule has 0 atom stereocenters. The Kier molecular flexibility index (Phi) is 8.15. The van der Waals surface area contributed by atoms with Crippen LogP contribution in [0.2, 0.25) is 0 Å². The molecule has 0 saturated heterocycles. The second kappa shape index (κ2) is 11.1. The summed E-state index contributed by atoms with van der Waals surface area (Å²) in [4.78, 5) is 30.6. The predicted octanol–water partition coefficient (Wildman–Crippen LogP) is 3.96. The van der Waals surface area contributed by atoms with Crippen LogP contribution in [0.25, 0.3) is 11.1 Å². The Morgan fingerprint density at radius 2 is 1.83 bits per heavy atom. The zero-order chi connectivity index (χ0) is 25.6. The molecular weight excluding hydrogens is 479 g/mol. The van der Waals surface area contributed by atoms with E-state index in [9.17, 15) is 22.8 Å². The van der Waals surface area contributed by atoms with Crippen molar-refractivity contribution >= 4 is 35.2 Å². The number of carbonyl (C=O) groups excluding carboxylic acids is 2. The maximum atomic E-state index is 13.4. The summed E-state index contributed by atoms with van der Waals surface area (Å²) in [6, 6.07) is 11.9. The van der Waals surface area contributed by atoms with Crippen LogP contribution in [-0.4, -0.2) is 36.4 Å². The van der Waals surface area contributed by atoms with Gasteiger partial charge in [-0.3, -0.25) is 25.4 Å². The number of aromatic nitrogens is 1. The van der Waals surface area contributed by atoms with Gasteiger partial charge in [-0.1, -0.05) is 30.4 Å². The molecule has 1 aliphatic heterocycles. The third-order valence-electron chi connectivity index (χ3n) is 5.05. The lowest BCUT2D eigenvalue weighted by molar-refractivity contribution is -0.138. The van der Waals surface area contributed by atoms with Gasteiger partial charge in [0.1, 0.15) is 0 Å². The summed E-state index contributed by atoms with van der Waals surface area (Å²) < 4.78 is 40.2. The van der Waals surface area contributed by atoms with Gasteiger partial charge in [0.15, 0.2) is 0 Å². The Balaban J connectivity index is 0.00000108. The van der Waals surface area contributed by atoms with Crippen molar-refractivity contribution in [2.45, 2.75) is 12.7 Å². The molecule has 0 bridgehead atoms. The monoisotopic (exact) mass is 501 g/mol. The summed E-state index contributed by atoms with van der Waals surface area (Å²) >= 11 is 4.62. The number of carbonyl (C=O) groups is 2. The molecule has 3 aromatic rings. The highest BCUT2D eigenvalue weighted by molar-refractivity contribution is 7.78. The quantitative estimate of drug-likeness (QED) is 0.363. The van der Waals surface area contributed by atoms with Crippen molar-refractivity contribution < 1.29 is 22.8 Å². The van der Waals surface area contributed by atoms with Gasteiger partial charge in [0.25, 0.3) is 11.8 Å². The van der Waals surface area contributed by atoms with Gasteiger partial charge in [0, 0.05) is 23.6 Å². The van der Waals surface area contributed by atoms with E-state index in [0.717, 1.165) is 11.6 Å². The molecule has 7 nitrogen and oxygen atoms in total. The average molecular weight is 502 g/mol. The zero-order valence-electron chi connectivity index (χ0n) is 18.8. The number of anilines is 1. The molecule has 0 radical (unpaired) electrons. The molecule has 0 unspecified atom stereocenters. The minimum absolute atomic E-state index is 0.0282. The van der Waals surface area contributed by atoms with Crippen LogP contribution in [0.1, 0.15) is 31.8 Å². The first-order valence-electron chi connectivity index (χ1n) is 10.4. The number of amides is 2. The van der Waals surface area contributed by atoms with Crippen LogP contribution in [0, 0.1) is 0 Å². The summed E-state index contributed by atoms with van der Waals surface area (Å²) in [5.74, 6) is -0.986. The number of rotatable bonds is 5. The second-order valence-corrected chi connectivity index (χ2v) is 7.64. The Morgan fingerprint density at radius 3 is 2.51 bits per heavy atom. The maximum Gasteiger partial charge on any atom is 0.416 e. The van der Waals surface area contributed by atoms with Crippen molar-refractivity contribution in [1.29, 1.82) is 0 Å². The normalized spacial score (nSPS) is 12.4. The van der Waals surface area contributed by atoms with Crippen molar-refractivity contribution in [3.8, 4) is 11.1 Å². The van der Waals surface area contributed by atoms with Crippen LogP contribution in [0.3, 0.4) is 0 Å². The molecule has 11 heteroatoms. The Bertz CT molecular complexity index is 1250. The minimum atomic E-state index is -4.56. The third kappa shape index (κ3) is 5.64. The zero-order valence-corrected chi connectivity index (χ0v) is 19.6. The molecule has 0 spiro atoms. The largest absolute Gasteiger partial charge is 0.416 e. The van der Waals surface area contributed by atoms with Crippen LogP contribution in [0.5, 0.6) is 0 Å². The van der Waals surface area contributed by atoms with E-state index >= 15 is 0 Å². The topological polar surface area (TPSA) is 86.4 Å². The van der Waals surface area contributed by atoms with Crippen molar-refractivity contribution in [3.63, 3.8) is 0 Å². The van der Waals surface area contributed by atoms with E-state index in [1.54, 1.807) is 30.3 Å². The minimum Gasteiger partial charge on any atom is -0.323 e.